The third-order valence-corrected chi connectivity index (χ3v) is 5.21. The van der Waals surface area contributed by atoms with E-state index in [-0.39, 0.29) is 5.91 Å². The molecule has 1 heterocycles. The number of carbonyl (C=O) groups is 1. The lowest BCUT2D eigenvalue weighted by atomic mass is 10.2. The van der Waals surface area contributed by atoms with Gasteiger partial charge < -0.3 is 25.2 Å². The summed E-state index contributed by atoms with van der Waals surface area (Å²) in [5, 5.41) is 6.40. The summed E-state index contributed by atoms with van der Waals surface area (Å²) < 4.78 is 5.43. The van der Waals surface area contributed by atoms with E-state index >= 15 is 0 Å². The molecule has 0 bridgehead atoms. The first-order valence-electron chi connectivity index (χ1n) is 10.5. The van der Waals surface area contributed by atoms with Crippen LogP contribution in [0.25, 0.3) is 0 Å². The molecule has 2 aromatic carbocycles. The largest absolute Gasteiger partial charge is 0.385 e. The Morgan fingerprint density at radius 1 is 1.03 bits per heavy atom. The number of hydrogen-bond acceptors (Lipinski definition) is 5. The first-order chi connectivity index (χ1) is 14.2. The van der Waals surface area contributed by atoms with Crippen molar-refractivity contribution >= 4 is 28.7 Å². The van der Waals surface area contributed by atoms with Gasteiger partial charge in [-0.1, -0.05) is 12.1 Å². The summed E-state index contributed by atoms with van der Waals surface area (Å²) >= 11 is 0. The van der Waals surface area contributed by atoms with Crippen LogP contribution in [-0.2, 0) is 9.53 Å². The van der Waals surface area contributed by atoms with Gasteiger partial charge in [0.25, 0.3) is 0 Å². The molecule has 0 spiro atoms. The molecule has 1 amide bonds. The second-order valence-corrected chi connectivity index (χ2v) is 7.06. The van der Waals surface area contributed by atoms with E-state index in [1.54, 1.807) is 0 Å². The van der Waals surface area contributed by atoms with Crippen LogP contribution in [0.4, 0.5) is 22.7 Å². The van der Waals surface area contributed by atoms with E-state index in [0.717, 1.165) is 56.5 Å². The summed E-state index contributed by atoms with van der Waals surface area (Å²) in [6.45, 7) is 10.0. The number of hydrogen-bond donors (Lipinski definition) is 2. The molecule has 2 N–H and O–H groups in total. The lowest BCUT2D eigenvalue weighted by Gasteiger charge is -2.30. The van der Waals surface area contributed by atoms with Crippen molar-refractivity contribution < 1.29 is 9.53 Å². The second kappa shape index (κ2) is 10.7. The van der Waals surface area contributed by atoms with E-state index < -0.39 is 0 Å². The molecule has 1 saturated heterocycles. The van der Waals surface area contributed by atoms with Crippen molar-refractivity contribution in [2.24, 2.45) is 0 Å². The lowest BCUT2D eigenvalue weighted by Crippen LogP contribution is -2.36. The maximum Gasteiger partial charge on any atom is 0.226 e. The van der Waals surface area contributed by atoms with Gasteiger partial charge in [0.2, 0.25) is 5.91 Å². The van der Waals surface area contributed by atoms with E-state index in [9.17, 15) is 4.79 Å². The fourth-order valence-corrected chi connectivity index (χ4v) is 3.57. The van der Waals surface area contributed by atoms with Crippen LogP contribution in [-0.4, -0.2) is 51.8 Å². The van der Waals surface area contributed by atoms with Crippen LogP contribution in [0.3, 0.4) is 0 Å². The maximum atomic E-state index is 12.5. The van der Waals surface area contributed by atoms with Crippen LogP contribution < -0.4 is 20.4 Å². The Kier molecular flexibility index (Phi) is 7.76. The van der Waals surface area contributed by atoms with Crippen LogP contribution >= 0.6 is 0 Å². The second-order valence-electron chi connectivity index (χ2n) is 7.06. The number of amides is 1. The Balaban J connectivity index is 1.49. The van der Waals surface area contributed by atoms with Gasteiger partial charge in [-0.3, -0.25) is 4.79 Å². The molecule has 1 aliphatic rings. The Bertz CT molecular complexity index is 769. The van der Waals surface area contributed by atoms with Crippen molar-refractivity contribution in [2.45, 2.75) is 20.3 Å². The summed E-state index contributed by atoms with van der Waals surface area (Å²) in [7, 11) is 0. The fraction of sp³-hybridized carbons (Fsp3) is 0.435. The minimum absolute atomic E-state index is 0.0120. The number of nitrogens with one attached hydrogen (secondary N) is 2. The van der Waals surface area contributed by atoms with Crippen LogP contribution in [0.5, 0.6) is 0 Å². The molecular formula is C23H32N4O2. The predicted octanol–water partition coefficient (Wildman–Crippen LogP) is 3.81. The topological polar surface area (TPSA) is 56.8 Å². The van der Waals surface area contributed by atoms with Gasteiger partial charge in [0, 0.05) is 50.5 Å². The summed E-state index contributed by atoms with van der Waals surface area (Å²) in [5.74, 6) is 0.0120. The van der Waals surface area contributed by atoms with E-state index in [2.05, 4.69) is 64.6 Å². The molecule has 0 aromatic heterocycles. The van der Waals surface area contributed by atoms with Crippen molar-refractivity contribution in [3.05, 3.63) is 48.5 Å². The minimum atomic E-state index is 0.0120. The Hall–Kier alpha value is -2.73. The van der Waals surface area contributed by atoms with Crippen LogP contribution in [0, 0.1) is 0 Å². The van der Waals surface area contributed by atoms with Crippen LogP contribution in [0.15, 0.2) is 48.5 Å². The third kappa shape index (κ3) is 5.87. The standard InChI is InChI=1S/C23H32N4O2/c1-3-26(4-2)20-11-9-19(10-12-20)24-14-13-23(28)25-21-7-5-6-8-22(21)27-15-17-29-18-16-27/h5-12,24H,3-4,13-18H2,1-2H3,(H,25,28). The highest BCUT2D eigenvalue weighted by molar-refractivity contribution is 5.94. The SMILES string of the molecule is CCN(CC)c1ccc(NCCC(=O)Nc2ccccc2N2CCOCC2)cc1. The van der Waals surface area contributed by atoms with Crippen molar-refractivity contribution in [1.29, 1.82) is 0 Å². The van der Waals surface area contributed by atoms with Gasteiger partial charge >= 0.3 is 0 Å². The molecule has 156 valence electrons. The number of rotatable bonds is 9. The number of carbonyl (C=O) groups excluding carboxylic acids is 1. The zero-order chi connectivity index (χ0) is 20.5. The first kappa shape index (κ1) is 21.0. The molecule has 6 nitrogen and oxygen atoms in total. The molecule has 3 rings (SSSR count). The molecule has 29 heavy (non-hydrogen) atoms. The molecule has 1 fully saturated rings. The minimum Gasteiger partial charge on any atom is -0.385 e. The molecule has 0 unspecified atom stereocenters. The zero-order valence-electron chi connectivity index (χ0n) is 17.5. The number of ether oxygens (including phenoxy) is 1. The molecular weight excluding hydrogens is 364 g/mol. The summed E-state index contributed by atoms with van der Waals surface area (Å²) in [4.78, 5) is 17.0. The summed E-state index contributed by atoms with van der Waals surface area (Å²) in [6, 6.07) is 16.3. The van der Waals surface area contributed by atoms with Crippen molar-refractivity contribution in [2.75, 3.05) is 66.4 Å². The van der Waals surface area contributed by atoms with Gasteiger partial charge in [0.15, 0.2) is 0 Å². The van der Waals surface area contributed by atoms with Crippen molar-refractivity contribution in [3.8, 4) is 0 Å². The lowest BCUT2D eigenvalue weighted by molar-refractivity contribution is -0.115. The third-order valence-electron chi connectivity index (χ3n) is 5.21. The van der Waals surface area contributed by atoms with E-state index in [1.165, 1.54) is 5.69 Å². The quantitative estimate of drug-likeness (QED) is 0.675. The average Bonchev–Trinajstić information content (AvgIpc) is 2.77. The summed E-state index contributed by atoms with van der Waals surface area (Å²) in [6.07, 6.45) is 0.412. The number of para-hydroxylation sites is 2. The highest BCUT2D eigenvalue weighted by atomic mass is 16.5. The van der Waals surface area contributed by atoms with Crippen LogP contribution in [0.1, 0.15) is 20.3 Å². The van der Waals surface area contributed by atoms with E-state index in [1.807, 2.05) is 18.2 Å². The smallest absolute Gasteiger partial charge is 0.226 e. The van der Waals surface area contributed by atoms with E-state index in [0.29, 0.717) is 13.0 Å². The molecule has 0 radical (unpaired) electrons. The number of benzene rings is 2. The average molecular weight is 397 g/mol. The molecule has 6 heteroatoms. The van der Waals surface area contributed by atoms with Crippen molar-refractivity contribution in [1.82, 2.24) is 0 Å². The predicted molar refractivity (Wildman–Crippen MR) is 121 cm³/mol. The van der Waals surface area contributed by atoms with Gasteiger partial charge in [-0.05, 0) is 50.2 Å². The number of nitrogens with zero attached hydrogens (tertiary/aromatic N) is 2. The molecule has 0 atom stereocenters. The fourth-order valence-electron chi connectivity index (χ4n) is 3.57. The highest BCUT2D eigenvalue weighted by Gasteiger charge is 2.15. The zero-order valence-corrected chi connectivity index (χ0v) is 17.5. The number of anilines is 4. The molecule has 0 aliphatic carbocycles. The van der Waals surface area contributed by atoms with Crippen molar-refractivity contribution in [3.63, 3.8) is 0 Å². The molecule has 1 aliphatic heterocycles. The molecule has 0 saturated carbocycles. The van der Waals surface area contributed by atoms with Gasteiger partial charge in [0.05, 0.1) is 24.6 Å². The monoisotopic (exact) mass is 396 g/mol. The summed E-state index contributed by atoms with van der Waals surface area (Å²) in [5.41, 5.74) is 4.17. The van der Waals surface area contributed by atoms with Gasteiger partial charge in [-0.2, -0.15) is 0 Å². The Labute approximate surface area is 173 Å². The maximum absolute atomic E-state index is 12.5. The normalized spacial score (nSPS) is 13.8. The van der Waals surface area contributed by atoms with Gasteiger partial charge in [-0.25, -0.2) is 0 Å². The Morgan fingerprint density at radius 3 is 2.41 bits per heavy atom. The van der Waals surface area contributed by atoms with Crippen LogP contribution in [0.2, 0.25) is 0 Å². The molecule has 2 aromatic rings. The first-order valence-corrected chi connectivity index (χ1v) is 10.5. The number of morpholine rings is 1. The van der Waals surface area contributed by atoms with Gasteiger partial charge in [0.1, 0.15) is 0 Å². The Morgan fingerprint density at radius 2 is 1.72 bits per heavy atom. The van der Waals surface area contributed by atoms with Gasteiger partial charge in [-0.15, -0.1) is 0 Å². The highest BCUT2D eigenvalue weighted by Crippen LogP contribution is 2.26. The van der Waals surface area contributed by atoms with E-state index in [4.69, 9.17) is 4.74 Å².